The fourth-order valence-corrected chi connectivity index (χ4v) is 0.985. The summed E-state index contributed by atoms with van der Waals surface area (Å²) in [7, 11) is 0. The summed E-state index contributed by atoms with van der Waals surface area (Å²) < 4.78 is 5.25. The largest absolute Gasteiger partial charge is 0.513 e. The van der Waals surface area contributed by atoms with E-state index in [1.807, 2.05) is 19.1 Å². The predicted molar refractivity (Wildman–Crippen MR) is 52.4 cm³/mol. The van der Waals surface area contributed by atoms with Crippen LogP contribution < -0.4 is 10.5 Å². The SMILES string of the molecule is CCOc1ccc(/C(N)=C/O)cc1. The van der Waals surface area contributed by atoms with Gasteiger partial charge in [0, 0.05) is 5.56 Å². The van der Waals surface area contributed by atoms with Gasteiger partial charge in [-0.15, -0.1) is 0 Å². The lowest BCUT2D eigenvalue weighted by atomic mass is 10.2. The van der Waals surface area contributed by atoms with Crippen molar-refractivity contribution in [1.82, 2.24) is 0 Å². The first-order valence-electron chi connectivity index (χ1n) is 4.11. The lowest BCUT2D eigenvalue weighted by Gasteiger charge is -2.04. The van der Waals surface area contributed by atoms with Crippen LogP contribution in [-0.2, 0) is 0 Å². The van der Waals surface area contributed by atoms with Gasteiger partial charge in [-0.1, -0.05) is 0 Å². The van der Waals surface area contributed by atoms with Gasteiger partial charge in [0.2, 0.25) is 0 Å². The molecule has 0 aromatic heterocycles. The molecule has 3 heteroatoms. The zero-order valence-electron chi connectivity index (χ0n) is 7.53. The predicted octanol–water partition coefficient (Wildman–Crippen LogP) is 1.90. The number of aliphatic hydroxyl groups is 1. The van der Waals surface area contributed by atoms with E-state index in [1.165, 1.54) is 0 Å². The van der Waals surface area contributed by atoms with Gasteiger partial charge in [0.05, 0.1) is 12.3 Å². The molecule has 13 heavy (non-hydrogen) atoms. The van der Waals surface area contributed by atoms with Gasteiger partial charge in [-0.2, -0.15) is 0 Å². The Labute approximate surface area is 77.4 Å². The number of nitrogens with two attached hydrogens (primary N) is 1. The molecule has 0 aliphatic rings. The standard InChI is InChI=1S/C10H13NO2/c1-2-13-9-5-3-8(4-6-9)10(11)7-12/h3-7,12H,2,11H2,1H3/b10-7-. The van der Waals surface area contributed by atoms with Crippen LogP contribution in [0.2, 0.25) is 0 Å². The molecule has 0 bridgehead atoms. The molecule has 0 aliphatic carbocycles. The van der Waals surface area contributed by atoms with Crippen molar-refractivity contribution in [1.29, 1.82) is 0 Å². The summed E-state index contributed by atoms with van der Waals surface area (Å²) in [5.41, 5.74) is 6.62. The van der Waals surface area contributed by atoms with Crippen molar-refractivity contribution < 1.29 is 9.84 Å². The van der Waals surface area contributed by atoms with E-state index in [4.69, 9.17) is 15.6 Å². The first-order chi connectivity index (χ1) is 6.27. The number of hydrogen-bond donors (Lipinski definition) is 2. The summed E-state index contributed by atoms with van der Waals surface area (Å²) >= 11 is 0. The van der Waals surface area contributed by atoms with Gasteiger partial charge < -0.3 is 15.6 Å². The molecule has 1 aromatic carbocycles. The average molecular weight is 179 g/mol. The Kier molecular flexibility index (Phi) is 3.20. The van der Waals surface area contributed by atoms with Crippen LogP contribution in [0.15, 0.2) is 30.5 Å². The Morgan fingerprint density at radius 2 is 2.08 bits per heavy atom. The van der Waals surface area contributed by atoms with Crippen LogP contribution in [0.3, 0.4) is 0 Å². The highest BCUT2D eigenvalue weighted by Gasteiger charge is 1.96. The highest BCUT2D eigenvalue weighted by atomic mass is 16.5. The fraction of sp³-hybridized carbons (Fsp3) is 0.200. The van der Waals surface area contributed by atoms with Crippen LogP contribution in [0.1, 0.15) is 12.5 Å². The second-order valence-electron chi connectivity index (χ2n) is 2.54. The van der Waals surface area contributed by atoms with Crippen molar-refractivity contribution in [2.45, 2.75) is 6.92 Å². The van der Waals surface area contributed by atoms with E-state index in [0.29, 0.717) is 12.3 Å². The van der Waals surface area contributed by atoms with Gasteiger partial charge in [-0.25, -0.2) is 0 Å². The van der Waals surface area contributed by atoms with E-state index in [2.05, 4.69) is 0 Å². The van der Waals surface area contributed by atoms with E-state index in [0.717, 1.165) is 17.6 Å². The molecule has 0 saturated heterocycles. The van der Waals surface area contributed by atoms with Crippen molar-refractivity contribution in [3.05, 3.63) is 36.1 Å². The van der Waals surface area contributed by atoms with Gasteiger partial charge in [0.1, 0.15) is 12.0 Å². The minimum Gasteiger partial charge on any atom is -0.513 e. The minimum atomic E-state index is 0.350. The highest BCUT2D eigenvalue weighted by molar-refractivity contribution is 5.61. The third kappa shape index (κ3) is 2.40. The minimum absolute atomic E-state index is 0.350. The molecule has 0 aliphatic heterocycles. The number of benzene rings is 1. The van der Waals surface area contributed by atoms with E-state index >= 15 is 0 Å². The van der Waals surface area contributed by atoms with Crippen molar-refractivity contribution in [2.24, 2.45) is 5.73 Å². The van der Waals surface area contributed by atoms with E-state index in [1.54, 1.807) is 12.1 Å². The van der Waals surface area contributed by atoms with Gasteiger partial charge in [0.15, 0.2) is 0 Å². The number of ether oxygens (including phenoxy) is 1. The van der Waals surface area contributed by atoms with Crippen molar-refractivity contribution in [3.8, 4) is 5.75 Å². The molecule has 0 radical (unpaired) electrons. The van der Waals surface area contributed by atoms with Crippen molar-refractivity contribution >= 4 is 5.70 Å². The summed E-state index contributed by atoms with van der Waals surface area (Å²) in [6.45, 7) is 2.57. The molecule has 3 N–H and O–H groups in total. The summed E-state index contributed by atoms with van der Waals surface area (Å²) in [6.07, 6.45) is 0.885. The Bertz CT molecular complexity index is 290. The van der Waals surface area contributed by atoms with Gasteiger partial charge in [-0.05, 0) is 31.2 Å². The highest BCUT2D eigenvalue weighted by Crippen LogP contribution is 2.15. The van der Waals surface area contributed by atoms with E-state index in [-0.39, 0.29) is 0 Å². The molecular formula is C10H13NO2. The molecule has 1 aromatic rings. The Balaban J connectivity index is 2.81. The van der Waals surface area contributed by atoms with Crippen LogP contribution in [0.5, 0.6) is 5.75 Å². The number of rotatable bonds is 3. The van der Waals surface area contributed by atoms with Crippen molar-refractivity contribution in [3.63, 3.8) is 0 Å². The van der Waals surface area contributed by atoms with Crippen LogP contribution in [0, 0.1) is 0 Å². The molecule has 0 unspecified atom stereocenters. The average Bonchev–Trinajstić information content (AvgIpc) is 2.18. The third-order valence-corrected chi connectivity index (χ3v) is 1.64. The monoisotopic (exact) mass is 179 g/mol. The van der Waals surface area contributed by atoms with E-state index < -0.39 is 0 Å². The second-order valence-corrected chi connectivity index (χ2v) is 2.54. The topological polar surface area (TPSA) is 55.5 Å². The zero-order chi connectivity index (χ0) is 9.68. The zero-order valence-corrected chi connectivity index (χ0v) is 7.53. The molecule has 3 nitrogen and oxygen atoms in total. The molecule has 0 saturated carbocycles. The molecule has 0 atom stereocenters. The Morgan fingerprint density at radius 1 is 1.46 bits per heavy atom. The summed E-state index contributed by atoms with van der Waals surface area (Å²) in [5.74, 6) is 0.803. The Morgan fingerprint density at radius 3 is 2.54 bits per heavy atom. The second kappa shape index (κ2) is 4.40. The van der Waals surface area contributed by atoms with Gasteiger partial charge >= 0.3 is 0 Å². The third-order valence-electron chi connectivity index (χ3n) is 1.64. The molecule has 1 rings (SSSR count). The molecule has 0 spiro atoms. The fourth-order valence-electron chi connectivity index (χ4n) is 0.985. The molecule has 70 valence electrons. The Hall–Kier alpha value is -1.64. The lowest BCUT2D eigenvalue weighted by molar-refractivity contribution is 0.340. The van der Waals surface area contributed by atoms with E-state index in [9.17, 15) is 0 Å². The molecular weight excluding hydrogens is 166 g/mol. The maximum atomic E-state index is 8.64. The summed E-state index contributed by atoms with van der Waals surface area (Å²) in [6, 6.07) is 7.23. The number of aliphatic hydroxyl groups excluding tert-OH is 1. The summed E-state index contributed by atoms with van der Waals surface area (Å²) in [5, 5.41) is 8.64. The first kappa shape index (κ1) is 9.45. The molecule has 0 fully saturated rings. The quantitative estimate of drug-likeness (QED) is 0.697. The van der Waals surface area contributed by atoms with Crippen LogP contribution in [-0.4, -0.2) is 11.7 Å². The van der Waals surface area contributed by atoms with Crippen LogP contribution in [0.4, 0.5) is 0 Å². The normalized spacial score (nSPS) is 11.3. The maximum absolute atomic E-state index is 8.64. The molecule has 0 amide bonds. The smallest absolute Gasteiger partial charge is 0.119 e. The van der Waals surface area contributed by atoms with Crippen LogP contribution in [0.25, 0.3) is 5.70 Å². The van der Waals surface area contributed by atoms with Crippen molar-refractivity contribution in [2.75, 3.05) is 6.61 Å². The van der Waals surface area contributed by atoms with Gasteiger partial charge in [-0.3, -0.25) is 0 Å². The number of hydrogen-bond acceptors (Lipinski definition) is 3. The van der Waals surface area contributed by atoms with Crippen LogP contribution >= 0.6 is 0 Å². The molecule has 0 heterocycles. The lowest BCUT2D eigenvalue weighted by Crippen LogP contribution is -1.96. The van der Waals surface area contributed by atoms with Gasteiger partial charge in [0.25, 0.3) is 0 Å². The maximum Gasteiger partial charge on any atom is 0.119 e. The summed E-state index contributed by atoms with van der Waals surface area (Å²) in [4.78, 5) is 0. The first-order valence-corrected chi connectivity index (χ1v) is 4.11.